The average Bonchev–Trinajstić information content (AvgIpc) is 2.59. The number of carbonyl (C=O) groups excluding carboxylic acids is 4. The lowest BCUT2D eigenvalue weighted by molar-refractivity contribution is -0.155. The topological polar surface area (TPSA) is 137 Å². The first-order valence-corrected chi connectivity index (χ1v) is 10.6. The zero-order valence-electron chi connectivity index (χ0n) is 14.2. The second-order valence-corrected chi connectivity index (χ2v) is 8.35. The van der Waals surface area contributed by atoms with E-state index in [0.29, 0.717) is 28.5 Å². The van der Waals surface area contributed by atoms with Gasteiger partial charge in [0.2, 0.25) is 6.41 Å². The first-order chi connectivity index (χ1) is 12.6. The smallest absolute Gasteiger partial charge is 0.303 e. The molecule has 1 atom stereocenters. The molecule has 0 bridgehead atoms. The summed E-state index contributed by atoms with van der Waals surface area (Å²) >= 11 is 5.89. The van der Waals surface area contributed by atoms with Crippen molar-refractivity contribution in [3.63, 3.8) is 0 Å². The van der Waals surface area contributed by atoms with E-state index in [1.165, 1.54) is 13.8 Å². The summed E-state index contributed by atoms with van der Waals surface area (Å²) in [6.45, 7) is 2.19. The van der Waals surface area contributed by atoms with Crippen LogP contribution in [0.1, 0.15) is 24.2 Å². The molecule has 1 aromatic carbocycles. The Morgan fingerprint density at radius 2 is 1.74 bits per heavy atom. The Morgan fingerprint density at radius 3 is 2.26 bits per heavy atom. The molecule has 0 fully saturated rings. The van der Waals surface area contributed by atoms with E-state index in [9.17, 15) is 19.2 Å². The summed E-state index contributed by atoms with van der Waals surface area (Å²) in [6.07, 6.45) is -0.330. The van der Waals surface area contributed by atoms with Crippen molar-refractivity contribution in [3.8, 4) is 0 Å². The van der Waals surface area contributed by atoms with Crippen LogP contribution in [-0.4, -0.2) is 43.5 Å². The number of benzene rings is 1. The predicted octanol–water partition coefficient (Wildman–Crippen LogP) is 1.88. The highest BCUT2D eigenvalue weighted by atomic mass is 127. The van der Waals surface area contributed by atoms with Gasteiger partial charge in [-0.2, -0.15) is 0 Å². The van der Waals surface area contributed by atoms with Gasteiger partial charge in [0.25, 0.3) is 5.91 Å². The Balaban J connectivity index is 3.05. The number of hydrogen-bond donors (Lipinski definition) is 3. The van der Waals surface area contributed by atoms with Crippen molar-refractivity contribution in [1.29, 1.82) is 0 Å². The van der Waals surface area contributed by atoms with Gasteiger partial charge in [0.15, 0.2) is 6.10 Å². The van der Waals surface area contributed by atoms with Gasteiger partial charge in [0, 0.05) is 13.8 Å². The summed E-state index contributed by atoms with van der Waals surface area (Å²) in [4.78, 5) is 45.7. The van der Waals surface area contributed by atoms with Gasteiger partial charge in [0.05, 0.1) is 34.2 Å². The van der Waals surface area contributed by atoms with E-state index in [0.717, 1.165) is 0 Å². The first kappa shape index (κ1) is 24.1. The quantitative estimate of drug-likeness (QED) is 0.162. The van der Waals surface area contributed by atoms with Crippen molar-refractivity contribution in [2.75, 3.05) is 24.2 Å². The molecule has 27 heavy (non-hydrogen) atoms. The molecule has 9 nitrogen and oxygen atoms in total. The maximum Gasteiger partial charge on any atom is 0.303 e. The minimum Gasteiger partial charge on any atom is -0.462 e. The highest BCUT2D eigenvalue weighted by Gasteiger charge is 2.24. The number of nitrogen functional groups attached to an aromatic ring is 1. The van der Waals surface area contributed by atoms with Crippen LogP contribution in [-0.2, 0) is 23.9 Å². The van der Waals surface area contributed by atoms with Crippen LogP contribution in [0.15, 0.2) is 0 Å². The van der Waals surface area contributed by atoms with E-state index in [2.05, 4.69) is 10.6 Å². The standard InChI is InChI=1S/C15H16I3N3O6/c1-6(23)26-4-8(27-7(2)24)3-20-15(25)9-10(16)13(19)12(18)14(11(9)17)21-5-22/h5,8H,3-4,19H2,1-2H3,(H,20,25)(H,21,22). The number of nitrogens with two attached hydrogens (primary N) is 1. The van der Waals surface area contributed by atoms with Crippen LogP contribution < -0.4 is 16.4 Å². The van der Waals surface area contributed by atoms with Crippen molar-refractivity contribution in [2.24, 2.45) is 0 Å². The molecule has 0 aliphatic carbocycles. The third kappa shape index (κ3) is 6.88. The largest absolute Gasteiger partial charge is 0.462 e. The molecular weight excluding hydrogens is 699 g/mol. The number of carbonyl (C=O) groups is 4. The Labute approximate surface area is 196 Å². The SMILES string of the molecule is CC(=O)OCC(CNC(=O)c1c(I)c(N)c(I)c(NC=O)c1I)OC(C)=O. The lowest BCUT2D eigenvalue weighted by atomic mass is 10.1. The van der Waals surface area contributed by atoms with Gasteiger partial charge in [-0.15, -0.1) is 0 Å². The summed E-state index contributed by atoms with van der Waals surface area (Å²) in [5.41, 5.74) is 7.13. The van der Waals surface area contributed by atoms with Gasteiger partial charge in [-0.05, 0) is 67.8 Å². The average molecular weight is 715 g/mol. The molecule has 12 heteroatoms. The molecule has 2 amide bonds. The van der Waals surface area contributed by atoms with Crippen LogP contribution in [0.5, 0.6) is 0 Å². The molecular formula is C15H16I3N3O6. The van der Waals surface area contributed by atoms with Crippen LogP contribution in [0.4, 0.5) is 11.4 Å². The van der Waals surface area contributed by atoms with Crippen LogP contribution in [0.3, 0.4) is 0 Å². The Morgan fingerprint density at radius 1 is 1.11 bits per heavy atom. The lowest BCUT2D eigenvalue weighted by Gasteiger charge is -2.19. The number of rotatable bonds is 8. The fourth-order valence-corrected chi connectivity index (χ4v) is 5.91. The second-order valence-electron chi connectivity index (χ2n) is 5.11. The molecule has 0 saturated carbocycles. The molecule has 0 aliphatic rings. The molecule has 0 aliphatic heterocycles. The molecule has 0 aromatic heterocycles. The number of halogens is 3. The molecule has 1 rings (SSSR count). The molecule has 0 spiro atoms. The lowest BCUT2D eigenvalue weighted by Crippen LogP contribution is -2.38. The van der Waals surface area contributed by atoms with Crippen LogP contribution in [0.2, 0.25) is 0 Å². The summed E-state index contributed by atoms with van der Waals surface area (Å²) in [6, 6.07) is 0. The molecule has 1 aromatic rings. The second kappa shape index (κ2) is 11.2. The van der Waals surface area contributed by atoms with Crippen molar-refractivity contribution >= 4 is 103 Å². The Kier molecular flexibility index (Phi) is 9.99. The van der Waals surface area contributed by atoms with E-state index in [1.807, 2.05) is 67.8 Å². The van der Waals surface area contributed by atoms with E-state index >= 15 is 0 Å². The van der Waals surface area contributed by atoms with Crippen molar-refractivity contribution in [1.82, 2.24) is 5.32 Å². The fraction of sp³-hybridized carbons (Fsp3) is 0.333. The molecule has 0 saturated heterocycles. The summed E-state index contributed by atoms with van der Waals surface area (Å²) in [7, 11) is 0. The molecule has 0 heterocycles. The van der Waals surface area contributed by atoms with Crippen molar-refractivity contribution < 1.29 is 28.7 Å². The van der Waals surface area contributed by atoms with Crippen LogP contribution in [0, 0.1) is 10.7 Å². The minimum atomic E-state index is -0.834. The highest BCUT2D eigenvalue weighted by molar-refractivity contribution is 14.1. The molecule has 1 unspecified atom stereocenters. The zero-order valence-corrected chi connectivity index (χ0v) is 20.7. The van der Waals surface area contributed by atoms with Crippen LogP contribution in [0.25, 0.3) is 0 Å². The van der Waals surface area contributed by atoms with Gasteiger partial charge in [-0.1, -0.05) is 0 Å². The van der Waals surface area contributed by atoms with E-state index in [-0.39, 0.29) is 18.7 Å². The van der Waals surface area contributed by atoms with Gasteiger partial charge in [0.1, 0.15) is 6.61 Å². The fourth-order valence-electron chi connectivity index (χ4n) is 1.94. The number of amides is 2. The zero-order chi connectivity index (χ0) is 20.7. The monoisotopic (exact) mass is 715 g/mol. The van der Waals surface area contributed by atoms with Crippen molar-refractivity contribution in [3.05, 3.63) is 16.3 Å². The number of esters is 2. The van der Waals surface area contributed by atoms with Gasteiger partial charge in [-0.3, -0.25) is 19.2 Å². The molecule has 4 N–H and O–H groups in total. The third-order valence-corrected chi connectivity index (χ3v) is 6.40. The molecule has 148 valence electrons. The summed E-state index contributed by atoms with van der Waals surface area (Å²) in [5, 5.41) is 5.18. The maximum atomic E-state index is 12.7. The predicted molar refractivity (Wildman–Crippen MR) is 123 cm³/mol. The van der Waals surface area contributed by atoms with Gasteiger partial charge >= 0.3 is 11.9 Å². The minimum absolute atomic E-state index is 0.0693. The molecule has 0 radical (unpaired) electrons. The van der Waals surface area contributed by atoms with E-state index in [1.54, 1.807) is 0 Å². The first-order valence-electron chi connectivity index (χ1n) is 7.35. The normalized spacial score (nSPS) is 11.3. The van der Waals surface area contributed by atoms with Crippen LogP contribution >= 0.6 is 67.8 Å². The third-order valence-electron chi connectivity index (χ3n) is 3.08. The van der Waals surface area contributed by atoms with Gasteiger partial charge in [-0.25, -0.2) is 0 Å². The van der Waals surface area contributed by atoms with Gasteiger partial charge < -0.3 is 25.8 Å². The number of anilines is 2. The van der Waals surface area contributed by atoms with Crippen molar-refractivity contribution in [2.45, 2.75) is 20.0 Å². The summed E-state index contributed by atoms with van der Waals surface area (Å²) < 4.78 is 11.5. The Hall–Kier alpha value is -0.910. The summed E-state index contributed by atoms with van der Waals surface area (Å²) in [5.74, 6) is -1.57. The maximum absolute atomic E-state index is 12.7. The van der Waals surface area contributed by atoms with E-state index in [4.69, 9.17) is 15.2 Å². The number of nitrogens with one attached hydrogen (secondary N) is 2. The number of ether oxygens (including phenoxy) is 2. The number of hydrogen-bond acceptors (Lipinski definition) is 7. The van der Waals surface area contributed by atoms with E-state index < -0.39 is 23.9 Å². The highest BCUT2D eigenvalue weighted by Crippen LogP contribution is 2.36. The Bertz CT molecular complexity index is 772.